The summed E-state index contributed by atoms with van der Waals surface area (Å²) in [4.78, 5) is 11.1. The molecule has 0 spiro atoms. The van der Waals surface area contributed by atoms with Crippen molar-refractivity contribution in [1.29, 1.82) is 0 Å². The van der Waals surface area contributed by atoms with Gasteiger partial charge >= 0.3 is 5.97 Å². The van der Waals surface area contributed by atoms with Crippen LogP contribution >= 0.6 is 0 Å². The number of carbonyl (C=O) groups is 1. The Bertz CT molecular complexity index is 172. The number of allylic oxidation sites excluding steroid dienone is 2. The third kappa shape index (κ3) is 1.82. The number of hydrogen-bond donors (Lipinski definition) is 0. The van der Waals surface area contributed by atoms with Crippen molar-refractivity contribution in [3.05, 3.63) is 12.2 Å². The Labute approximate surface area is 67.2 Å². The third-order valence-corrected chi connectivity index (χ3v) is 2.26. The number of esters is 1. The van der Waals surface area contributed by atoms with E-state index in [2.05, 4.69) is 23.8 Å². The Balaban J connectivity index is 2.56. The summed E-state index contributed by atoms with van der Waals surface area (Å²) in [5, 5.41) is 0. The zero-order valence-corrected chi connectivity index (χ0v) is 7.04. The summed E-state index contributed by atoms with van der Waals surface area (Å²) in [7, 11) is 1.45. The van der Waals surface area contributed by atoms with Crippen LogP contribution in [0.15, 0.2) is 12.2 Å². The molecule has 1 aliphatic rings. The van der Waals surface area contributed by atoms with Crippen LogP contribution in [0.5, 0.6) is 0 Å². The van der Waals surface area contributed by atoms with Crippen LogP contribution in [-0.4, -0.2) is 13.1 Å². The first kappa shape index (κ1) is 8.31. The number of hydrogen-bond acceptors (Lipinski definition) is 2. The normalized spacial score (nSPS) is 30.0. The summed E-state index contributed by atoms with van der Waals surface area (Å²) in [6, 6.07) is 0. The minimum atomic E-state index is -0.0677. The van der Waals surface area contributed by atoms with Crippen molar-refractivity contribution in [1.82, 2.24) is 0 Å². The molecule has 0 saturated heterocycles. The lowest BCUT2D eigenvalue weighted by Gasteiger charge is -2.22. The Morgan fingerprint density at radius 2 is 2.09 bits per heavy atom. The SMILES string of the molecule is COC(=O)[C@@H]1CC=CC[C@H]1C. The van der Waals surface area contributed by atoms with Crippen LogP contribution in [0.25, 0.3) is 0 Å². The monoisotopic (exact) mass is 154 g/mol. The predicted octanol–water partition coefficient (Wildman–Crippen LogP) is 1.76. The molecule has 0 N–H and O–H groups in total. The molecule has 62 valence electrons. The van der Waals surface area contributed by atoms with Gasteiger partial charge in [-0.25, -0.2) is 0 Å². The summed E-state index contributed by atoms with van der Waals surface area (Å²) >= 11 is 0. The van der Waals surface area contributed by atoms with Gasteiger partial charge in [0.2, 0.25) is 0 Å². The zero-order chi connectivity index (χ0) is 8.27. The van der Waals surface area contributed by atoms with Gasteiger partial charge in [-0.3, -0.25) is 4.79 Å². The van der Waals surface area contributed by atoms with Crippen molar-refractivity contribution >= 4 is 5.97 Å². The summed E-state index contributed by atoms with van der Waals surface area (Å²) in [6.45, 7) is 2.09. The molecule has 0 heterocycles. The van der Waals surface area contributed by atoms with E-state index in [1.54, 1.807) is 0 Å². The van der Waals surface area contributed by atoms with Gasteiger partial charge in [0.05, 0.1) is 13.0 Å². The van der Waals surface area contributed by atoms with Gasteiger partial charge < -0.3 is 4.74 Å². The standard InChI is InChI=1S/C9H14O2/c1-7-5-3-4-6-8(7)9(10)11-2/h3-4,7-8H,5-6H2,1-2H3/t7-,8-/m1/s1. The van der Waals surface area contributed by atoms with E-state index in [1.807, 2.05) is 0 Å². The minimum absolute atomic E-state index is 0.0677. The maximum atomic E-state index is 11.1. The zero-order valence-electron chi connectivity index (χ0n) is 7.04. The predicted molar refractivity (Wildman–Crippen MR) is 43.0 cm³/mol. The molecule has 0 amide bonds. The van der Waals surface area contributed by atoms with E-state index >= 15 is 0 Å². The Hall–Kier alpha value is -0.790. The summed E-state index contributed by atoms with van der Waals surface area (Å²) in [5.41, 5.74) is 0. The van der Waals surface area contributed by atoms with Crippen molar-refractivity contribution < 1.29 is 9.53 Å². The van der Waals surface area contributed by atoms with Gasteiger partial charge in [0.25, 0.3) is 0 Å². The van der Waals surface area contributed by atoms with E-state index in [9.17, 15) is 4.79 Å². The average Bonchev–Trinajstić information content (AvgIpc) is 2.04. The number of ether oxygens (including phenoxy) is 1. The van der Waals surface area contributed by atoms with Gasteiger partial charge in [-0.2, -0.15) is 0 Å². The first-order valence-corrected chi connectivity index (χ1v) is 3.98. The number of carbonyl (C=O) groups excluding carboxylic acids is 1. The number of rotatable bonds is 1. The highest BCUT2D eigenvalue weighted by Crippen LogP contribution is 2.25. The Morgan fingerprint density at radius 3 is 2.64 bits per heavy atom. The van der Waals surface area contributed by atoms with Gasteiger partial charge in [0.15, 0.2) is 0 Å². The van der Waals surface area contributed by atoms with E-state index in [1.165, 1.54) is 7.11 Å². The smallest absolute Gasteiger partial charge is 0.309 e. The molecule has 0 saturated carbocycles. The fourth-order valence-corrected chi connectivity index (χ4v) is 1.43. The van der Waals surface area contributed by atoms with Crippen LogP contribution in [-0.2, 0) is 9.53 Å². The molecule has 0 aliphatic heterocycles. The van der Waals surface area contributed by atoms with E-state index < -0.39 is 0 Å². The maximum absolute atomic E-state index is 11.1. The van der Waals surface area contributed by atoms with Crippen LogP contribution in [0.1, 0.15) is 19.8 Å². The molecule has 0 aromatic rings. The fraction of sp³-hybridized carbons (Fsp3) is 0.667. The molecule has 0 aromatic carbocycles. The second kappa shape index (κ2) is 3.56. The molecule has 0 aromatic heterocycles. The highest BCUT2D eigenvalue weighted by molar-refractivity contribution is 5.73. The third-order valence-electron chi connectivity index (χ3n) is 2.26. The Kier molecular flexibility index (Phi) is 2.69. The second-order valence-corrected chi connectivity index (χ2v) is 3.05. The average molecular weight is 154 g/mol. The molecule has 11 heavy (non-hydrogen) atoms. The topological polar surface area (TPSA) is 26.3 Å². The quantitative estimate of drug-likeness (QED) is 0.425. The first-order chi connectivity index (χ1) is 5.25. The van der Waals surface area contributed by atoms with E-state index in [4.69, 9.17) is 0 Å². The molecule has 2 heteroatoms. The van der Waals surface area contributed by atoms with Gasteiger partial charge in [0, 0.05) is 0 Å². The summed E-state index contributed by atoms with van der Waals surface area (Å²) in [5.74, 6) is 0.458. The molecule has 1 aliphatic carbocycles. The van der Waals surface area contributed by atoms with Crippen molar-refractivity contribution in [2.45, 2.75) is 19.8 Å². The van der Waals surface area contributed by atoms with E-state index in [-0.39, 0.29) is 11.9 Å². The van der Waals surface area contributed by atoms with E-state index in [0.717, 1.165) is 12.8 Å². The molecular weight excluding hydrogens is 140 g/mol. The van der Waals surface area contributed by atoms with Crippen LogP contribution in [0.2, 0.25) is 0 Å². The molecule has 0 fully saturated rings. The van der Waals surface area contributed by atoms with Crippen LogP contribution in [0.4, 0.5) is 0 Å². The largest absolute Gasteiger partial charge is 0.469 e. The molecule has 2 atom stereocenters. The Morgan fingerprint density at radius 1 is 1.45 bits per heavy atom. The van der Waals surface area contributed by atoms with Crippen LogP contribution in [0, 0.1) is 11.8 Å². The second-order valence-electron chi connectivity index (χ2n) is 3.05. The number of methoxy groups -OCH3 is 1. The fourth-order valence-electron chi connectivity index (χ4n) is 1.43. The van der Waals surface area contributed by atoms with Crippen molar-refractivity contribution in [3.63, 3.8) is 0 Å². The van der Waals surface area contributed by atoms with Gasteiger partial charge in [-0.1, -0.05) is 19.1 Å². The molecule has 1 rings (SSSR count). The first-order valence-electron chi connectivity index (χ1n) is 3.98. The molecule has 0 bridgehead atoms. The van der Waals surface area contributed by atoms with E-state index in [0.29, 0.717) is 5.92 Å². The lowest BCUT2D eigenvalue weighted by molar-refractivity contribution is -0.147. The van der Waals surface area contributed by atoms with Crippen LogP contribution in [0.3, 0.4) is 0 Å². The van der Waals surface area contributed by atoms with Crippen molar-refractivity contribution in [3.8, 4) is 0 Å². The van der Waals surface area contributed by atoms with Crippen molar-refractivity contribution in [2.24, 2.45) is 11.8 Å². The van der Waals surface area contributed by atoms with Gasteiger partial charge in [-0.15, -0.1) is 0 Å². The molecule has 0 unspecified atom stereocenters. The minimum Gasteiger partial charge on any atom is -0.469 e. The summed E-state index contributed by atoms with van der Waals surface area (Å²) < 4.78 is 4.69. The van der Waals surface area contributed by atoms with Crippen molar-refractivity contribution in [2.75, 3.05) is 7.11 Å². The maximum Gasteiger partial charge on any atom is 0.309 e. The summed E-state index contributed by atoms with van der Waals surface area (Å²) in [6.07, 6.45) is 6.03. The molecular formula is C9H14O2. The van der Waals surface area contributed by atoms with Gasteiger partial charge in [0.1, 0.15) is 0 Å². The lowest BCUT2D eigenvalue weighted by Crippen LogP contribution is -2.24. The van der Waals surface area contributed by atoms with Gasteiger partial charge in [-0.05, 0) is 18.8 Å². The lowest BCUT2D eigenvalue weighted by atomic mass is 9.84. The molecule has 2 nitrogen and oxygen atoms in total. The molecule has 0 radical (unpaired) electrons. The highest BCUT2D eigenvalue weighted by Gasteiger charge is 2.25. The highest BCUT2D eigenvalue weighted by atomic mass is 16.5. The van der Waals surface area contributed by atoms with Crippen LogP contribution < -0.4 is 0 Å².